The van der Waals surface area contributed by atoms with Crippen LogP contribution in [0, 0.1) is 18.6 Å². The van der Waals surface area contributed by atoms with Crippen molar-refractivity contribution in [2.75, 3.05) is 5.32 Å². The predicted molar refractivity (Wildman–Crippen MR) is 89.4 cm³/mol. The maximum Gasteiger partial charge on any atom is 0.224 e. The van der Waals surface area contributed by atoms with Gasteiger partial charge in [0.1, 0.15) is 17.5 Å². The molecule has 0 bridgehead atoms. The maximum atomic E-state index is 14.3. The fraction of sp³-hybridized carbons (Fsp3) is 0.167. The van der Waals surface area contributed by atoms with Crippen molar-refractivity contribution < 1.29 is 13.6 Å². The molecule has 5 nitrogen and oxygen atoms in total. The highest BCUT2D eigenvalue weighted by Gasteiger charge is 2.10. The third-order valence-electron chi connectivity index (χ3n) is 3.72. The minimum atomic E-state index is -0.465. The molecular weight excluding hydrogens is 326 g/mol. The Kier molecular flexibility index (Phi) is 4.83. The van der Waals surface area contributed by atoms with Gasteiger partial charge in [-0.2, -0.15) is 0 Å². The van der Waals surface area contributed by atoms with E-state index in [9.17, 15) is 13.6 Å². The number of rotatable bonds is 5. The van der Waals surface area contributed by atoms with Gasteiger partial charge in [0.2, 0.25) is 5.91 Å². The number of pyridine rings is 1. The summed E-state index contributed by atoms with van der Waals surface area (Å²) in [5.74, 6) is -0.520. The van der Waals surface area contributed by atoms with Gasteiger partial charge in [-0.05, 0) is 43.2 Å². The van der Waals surface area contributed by atoms with Crippen LogP contribution in [0.4, 0.5) is 14.5 Å². The summed E-state index contributed by atoms with van der Waals surface area (Å²) in [5.41, 5.74) is 1.35. The molecule has 25 heavy (non-hydrogen) atoms. The van der Waals surface area contributed by atoms with Crippen LogP contribution >= 0.6 is 0 Å². The average molecular weight is 342 g/mol. The number of nitrogens with one attached hydrogen (secondary N) is 1. The number of amides is 1. The molecule has 0 aliphatic heterocycles. The summed E-state index contributed by atoms with van der Waals surface area (Å²) < 4.78 is 29.0. The Labute approximate surface area is 143 Å². The van der Waals surface area contributed by atoms with Crippen molar-refractivity contribution in [2.24, 2.45) is 0 Å². The topological polar surface area (TPSA) is 59.8 Å². The zero-order chi connectivity index (χ0) is 17.8. The number of benzene rings is 1. The lowest BCUT2D eigenvalue weighted by molar-refractivity contribution is -0.116. The van der Waals surface area contributed by atoms with Crippen LogP contribution in [0.1, 0.15) is 17.8 Å². The fourth-order valence-electron chi connectivity index (χ4n) is 2.49. The molecule has 2 aromatic heterocycles. The molecule has 0 saturated heterocycles. The highest BCUT2D eigenvalue weighted by atomic mass is 19.1. The molecule has 0 radical (unpaired) electrons. The molecule has 1 aromatic carbocycles. The monoisotopic (exact) mass is 342 g/mol. The van der Waals surface area contributed by atoms with Gasteiger partial charge in [-0.25, -0.2) is 13.8 Å². The second-order valence-electron chi connectivity index (χ2n) is 5.57. The molecular formula is C18H16F2N4O. The molecule has 0 fully saturated rings. The number of hydrogen-bond donors (Lipinski definition) is 1. The highest BCUT2D eigenvalue weighted by Crippen LogP contribution is 2.19. The van der Waals surface area contributed by atoms with E-state index in [1.807, 2.05) is 0 Å². The summed E-state index contributed by atoms with van der Waals surface area (Å²) in [6.45, 7) is 1.77. The van der Waals surface area contributed by atoms with Gasteiger partial charge in [0.05, 0.1) is 11.9 Å². The van der Waals surface area contributed by atoms with Crippen molar-refractivity contribution >= 4 is 11.6 Å². The van der Waals surface area contributed by atoms with Crippen molar-refractivity contribution in [3.63, 3.8) is 0 Å². The Morgan fingerprint density at radius 2 is 2.08 bits per heavy atom. The number of nitrogens with zero attached hydrogens (tertiary/aromatic N) is 3. The Bertz CT molecular complexity index is 908. The summed E-state index contributed by atoms with van der Waals surface area (Å²) >= 11 is 0. The summed E-state index contributed by atoms with van der Waals surface area (Å²) in [6.07, 6.45) is 6.37. The first-order valence-electron chi connectivity index (χ1n) is 7.72. The summed E-state index contributed by atoms with van der Waals surface area (Å²) in [7, 11) is 0. The second-order valence-corrected chi connectivity index (χ2v) is 5.57. The first-order chi connectivity index (χ1) is 12.0. The molecule has 3 rings (SSSR count). The normalized spacial score (nSPS) is 10.7. The minimum absolute atomic E-state index is 0.148. The molecule has 0 aliphatic rings. The summed E-state index contributed by atoms with van der Waals surface area (Å²) in [5, 5.41) is 2.64. The van der Waals surface area contributed by atoms with Crippen molar-refractivity contribution in [1.29, 1.82) is 0 Å². The van der Waals surface area contributed by atoms with E-state index in [0.29, 0.717) is 29.2 Å². The Hall–Kier alpha value is -3.09. The Balaban J connectivity index is 1.64. The van der Waals surface area contributed by atoms with Crippen LogP contribution in [-0.2, 0) is 11.2 Å². The molecule has 7 heteroatoms. The van der Waals surface area contributed by atoms with E-state index in [4.69, 9.17) is 0 Å². The van der Waals surface area contributed by atoms with Crippen LogP contribution in [-0.4, -0.2) is 20.4 Å². The predicted octanol–water partition coefficient (Wildman–Crippen LogP) is 3.43. The molecule has 0 unspecified atom stereocenters. The lowest BCUT2D eigenvalue weighted by atomic mass is 10.1. The third kappa shape index (κ3) is 4.06. The number of hydrogen-bond acceptors (Lipinski definition) is 3. The molecule has 128 valence electrons. The number of imidazole rings is 1. The first kappa shape index (κ1) is 16.8. The molecule has 2 heterocycles. The fourth-order valence-corrected chi connectivity index (χ4v) is 2.49. The lowest BCUT2D eigenvalue weighted by Gasteiger charge is -2.10. The molecule has 1 N–H and O–H groups in total. The summed E-state index contributed by atoms with van der Waals surface area (Å²) in [6, 6.07) is 5.80. The average Bonchev–Trinajstić information content (AvgIpc) is 2.99. The van der Waals surface area contributed by atoms with Crippen LogP contribution in [0.2, 0.25) is 0 Å². The number of halogens is 2. The van der Waals surface area contributed by atoms with Crippen LogP contribution in [0.25, 0.3) is 5.69 Å². The second kappa shape index (κ2) is 7.21. The lowest BCUT2D eigenvalue weighted by Crippen LogP contribution is -2.13. The Morgan fingerprint density at radius 3 is 2.76 bits per heavy atom. The van der Waals surface area contributed by atoms with E-state index in [1.165, 1.54) is 18.3 Å². The summed E-state index contributed by atoms with van der Waals surface area (Å²) in [4.78, 5) is 19.8. The zero-order valence-corrected chi connectivity index (χ0v) is 13.5. The van der Waals surface area contributed by atoms with Gasteiger partial charge in [-0.1, -0.05) is 0 Å². The van der Waals surface area contributed by atoms with Gasteiger partial charge < -0.3 is 9.88 Å². The van der Waals surface area contributed by atoms with Crippen LogP contribution < -0.4 is 5.32 Å². The molecule has 0 atom stereocenters. The highest BCUT2D eigenvalue weighted by molar-refractivity contribution is 5.90. The van der Waals surface area contributed by atoms with Gasteiger partial charge in [0.25, 0.3) is 0 Å². The molecule has 0 spiro atoms. The SMILES string of the molecule is Cc1nccn1-c1ccc(NC(=O)CCc2cncc(F)c2)cc1F. The van der Waals surface area contributed by atoms with Gasteiger partial charge in [0, 0.05) is 30.7 Å². The van der Waals surface area contributed by atoms with Crippen molar-refractivity contribution in [2.45, 2.75) is 19.8 Å². The zero-order valence-electron chi connectivity index (χ0n) is 13.5. The number of carbonyl (C=O) groups is 1. The van der Waals surface area contributed by atoms with Crippen molar-refractivity contribution in [3.05, 3.63) is 72.1 Å². The van der Waals surface area contributed by atoms with E-state index in [-0.39, 0.29) is 12.3 Å². The quantitative estimate of drug-likeness (QED) is 0.773. The van der Waals surface area contributed by atoms with E-state index < -0.39 is 11.6 Å². The number of anilines is 1. The minimum Gasteiger partial charge on any atom is -0.326 e. The number of aromatic nitrogens is 3. The van der Waals surface area contributed by atoms with Crippen molar-refractivity contribution in [3.8, 4) is 5.69 Å². The first-order valence-corrected chi connectivity index (χ1v) is 7.72. The van der Waals surface area contributed by atoms with Crippen LogP contribution in [0.15, 0.2) is 49.1 Å². The van der Waals surface area contributed by atoms with Gasteiger partial charge in [-0.15, -0.1) is 0 Å². The van der Waals surface area contributed by atoms with Gasteiger partial charge in [0.15, 0.2) is 0 Å². The Morgan fingerprint density at radius 1 is 1.24 bits per heavy atom. The molecule has 1 amide bonds. The van der Waals surface area contributed by atoms with E-state index in [1.54, 1.807) is 36.0 Å². The van der Waals surface area contributed by atoms with E-state index in [2.05, 4.69) is 15.3 Å². The third-order valence-corrected chi connectivity index (χ3v) is 3.72. The molecule has 0 saturated carbocycles. The van der Waals surface area contributed by atoms with Crippen LogP contribution in [0.3, 0.4) is 0 Å². The molecule has 3 aromatic rings. The van der Waals surface area contributed by atoms with Gasteiger partial charge >= 0.3 is 0 Å². The smallest absolute Gasteiger partial charge is 0.224 e. The van der Waals surface area contributed by atoms with Gasteiger partial charge in [-0.3, -0.25) is 9.78 Å². The molecule has 0 aliphatic carbocycles. The largest absolute Gasteiger partial charge is 0.326 e. The standard InChI is InChI=1S/C18H16F2N4O/c1-12-22-6-7-24(12)17-4-3-15(9-16(17)20)23-18(25)5-2-13-8-14(19)11-21-10-13/h3-4,6-11H,2,5H2,1H3,(H,23,25). The number of aryl methyl sites for hydroxylation is 2. The van der Waals surface area contributed by atoms with E-state index in [0.717, 1.165) is 6.20 Å². The maximum absolute atomic E-state index is 14.3. The van der Waals surface area contributed by atoms with Crippen molar-refractivity contribution in [1.82, 2.24) is 14.5 Å². The van der Waals surface area contributed by atoms with Crippen LogP contribution in [0.5, 0.6) is 0 Å². The van der Waals surface area contributed by atoms with E-state index >= 15 is 0 Å². The number of carbonyl (C=O) groups excluding carboxylic acids is 1.